The Morgan fingerprint density at radius 2 is 1.76 bits per heavy atom. The molecule has 1 N–H and O–H groups in total. The number of benzene rings is 2. The number of nitrogens with zero attached hydrogens (tertiary/aromatic N) is 2. The highest BCUT2D eigenvalue weighted by atomic mass is 32.2. The van der Waals surface area contributed by atoms with E-state index in [1.54, 1.807) is 42.5 Å². The van der Waals surface area contributed by atoms with Gasteiger partial charge in [0.05, 0.1) is 5.69 Å². The maximum Gasteiger partial charge on any atom is 0.323 e. The molecule has 7 heteroatoms. The topological polar surface area (TPSA) is 77.9 Å². The Bertz CT molecular complexity index is 808. The number of hydrogen-bond acceptors (Lipinski definition) is 5. The van der Waals surface area contributed by atoms with Crippen molar-refractivity contribution in [1.82, 2.24) is 0 Å². The fourth-order valence-corrected chi connectivity index (χ4v) is 3.62. The van der Waals surface area contributed by atoms with Gasteiger partial charge in [0, 0.05) is 5.69 Å². The molecule has 25 heavy (non-hydrogen) atoms. The minimum absolute atomic E-state index is 0.373. The first-order valence-electron chi connectivity index (χ1n) is 7.62. The number of carboxylic acid groups (broad SMARTS) is 1. The molecular formula is C18H16N2O4S. The summed E-state index contributed by atoms with van der Waals surface area (Å²) >= 11 is 0.826. The van der Waals surface area contributed by atoms with E-state index in [0.29, 0.717) is 11.4 Å². The number of rotatable bonds is 5. The zero-order chi connectivity index (χ0) is 18.0. The molecule has 1 saturated heterocycles. The lowest BCUT2D eigenvalue weighted by molar-refractivity contribution is -0.135. The Morgan fingerprint density at radius 1 is 1.12 bits per heavy atom. The summed E-state index contributed by atoms with van der Waals surface area (Å²) in [5, 5.41) is 7.91. The number of anilines is 2. The van der Waals surface area contributed by atoms with E-state index in [0.717, 1.165) is 22.2 Å². The summed E-state index contributed by atoms with van der Waals surface area (Å²) in [6.45, 7) is 1.55. The SMILES string of the molecule is Cc1ccc(N(CC(=O)O)[C@@H]2SC(=O)N(c3ccccc3)C2=O)cc1. The van der Waals surface area contributed by atoms with Crippen LogP contribution in [0.1, 0.15) is 5.56 Å². The van der Waals surface area contributed by atoms with Crippen LogP contribution in [0.4, 0.5) is 16.2 Å². The van der Waals surface area contributed by atoms with E-state index in [-0.39, 0.29) is 6.54 Å². The van der Waals surface area contributed by atoms with Crippen molar-refractivity contribution in [2.24, 2.45) is 0 Å². The monoisotopic (exact) mass is 356 g/mol. The normalized spacial score (nSPS) is 17.0. The molecule has 2 aromatic rings. The number of carbonyl (C=O) groups is 3. The van der Waals surface area contributed by atoms with Crippen molar-refractivity contribution in [3.63, 3.8) is 0 Å². The summed E-state index contributed by atoms with van der Waals surface area (Å²) in [6.07, 6.45) is 0. The molecule has 128 valence electrons. The highest BCUT2D eigenvalue weighted by Gasteiger charge is 2.44. The molecule has 0 spiro atoms. The Balaban J connectivity index is 1.94. The third kappa shape index (κ3) is 3.51. The minimum atomic E-state index is -1.07. The van der Waals surface area contributed by atoms with E-state index in [9.17, 15) is 19.5 Å². The molecule has 0 aliphatic carbocycles. The molecule has 0 bridgehead atoms. The van der Waals surface area contributed by atoms with Gasteiger partial charge in [0.15, 0.2) is 5.37 Å². The molecule has 1 atom stereocenters. The van der Waals surface area contributed by atoms with Gasteiger partial charge in [-0.2, -0.15) is 0 Å². The highest BCUT2D eigenvalue weighted by molar-refractivity contribution is 8.16. The number of aryl methyl sites for hydroxylation is 1. The molecule has 0 aromatic heterocycles. The molecule has 0 unspecified atom stereocenters. The van der Waals surface area contributed by atoms with Gasteiger partial charge in [-0.3, -0.25) is 14.4 Å². The van der Waals surface area contributed by atoms with Gasteiger partial charge >= 0.3 is 5.97 Å². The number of imide groups is 1. The molecule has 1 aliphatic heterocycles. The smallest absolute Gasteiger partial charge is 0.323 e. The summed E-state index contributed by atoms with van der Waals surface area (Å²) in [7, 11) is 0. The van der Waals surface area contributed by atoms with Gasteiger partial charge in [-0.05, 0) is 43.0 Å². The zero-order valence-corrected chi connectivity index (χ0v) is 14.3. The second kappa shape index (κ2) is 6.98. The largest absolute Gasteiger partial charge is 0.480 e. The quantitative estimate of drug-likeness (QED) is 0.887. The molecule has 1 aliphatic rings. The maximum atomic E-state index is 12.8. The summed E-state index contributed by atoms with van der Waals surface area (Å²) in [6, 6.07) is 15.8. The summed E-state index contributed by atoms with van der Waals surface area (Å²) < 4.78 is 0. The fourth-order valence-electron chi connectivity index (χ4n) is 2.60. The van der Waals surface area contributed by atoms with E-state index >= 15 is 0 Å². The van der Waals surface area contributed by atoms with Crippen molar-refractivity contribution >= 4 is 40.3 Å². The third-order valence-corrected chi connectivity index (χ3v) is 4.86. The molecule has 0 radical (unpaired) electrons. The van der Waals surface area contributed by atoms with E-state index in [2.05, 4.69) is 0 Å². The lowest BCUT2D eigenvalue weighted by atomic mass is 10.2. The van der Waals surface area contributed by atoms with Gasteiger partial charge in [-0.25, -0.2) is 4.90 Å². The molecule has 3 rings (SSSR count). The Kier molecular flexibility index (Phi) is 4.76. The summed E-state index contributed by atoms with van der Waals surface area (Å²) in [5.74, 6) is -1.51. The summed E-state index contributed by atoms with van der Waals surface area (Å²) in [4.78, 5) is 39.0. The zero-order valence-electron chi connectivity index (χ0n) is 13.5. The van der Waals surface area contributed by atoms with Crippen LogP contribution in [0.2, 0.25) is 0 Å². The van der Waals surface area contributed by atoms with Gasteiger partial charge in [0.25, 0.3) is 11.1 Å². The minimum Gasteiger partial charge on any atom is -0.480 e. The van der Waals surface area contributed by atoms with E-state index in [1.165, 1.54) is 4.90 Å². The fraction of sp³-hybridized carbons (Fsp3) is 0.167. The average molecular weight is 356 g/mol. The van der Waals surface area contributed by atoms with Crippen LogP contribution < -0.4 is 9.80 Å². The number of hydrogen-bond donors (Lipinski definition) is 1. The Morgan fingerprint density at radius 3 is 2.36 bits per heavy atom. The van der Waals surface area contributed by atoms with Gasteiger partial charge < -0.3 is 10.0 Å². The first-order chi connectivity index (χ1) is 12.0. The lowest BCUT2D eigenvalue weighted by Crippen LogP contribution is -2.43. The van der Waals surface area contributed by atoms with Crippen LogP contribution in [0.25, 0.3) is 0 Å². The van der Waals surface area contributed by atoms with E-state index in [4.69, 9.17) is 0 Å². The van der Waals surface area contributed by atoms with Gasteiger partial charge in [-0.15, -0.1) is 0 Å². The average Bonchev–Trinajstić information content (AvgIpc) is 2.88. The molecule has 2 amide bonds. The second-order valence-corrected chi connectivity index (χ2v) is 6.63. The van der Waals surface area contributed by atoms with Gasteiger partial charge in [0.2, 0.25) is 0 Å². The van der Waals surface area contributed by atoms with Crippen molar-refractivity contribution in [3.8, 4) is 0 Å². The van der Waals surface area contributed by atoms with E-state index in [1.807, 2.05) is 19.1 Å². The lowest BCUT2D eigenvalue weighted by Gasteiger charge is -2.27. The number of amides is 2. The Hall–Kier alpha value is -2.80. The molecule has 2 aromatic carbocycles. The number of para-hydroxylation sites is 1. The van der Waals surface area contributed by atoms with Crippen LogP contribution in [-0.2, 0) is 9.59 Å². The standard InChI is InChI=1S/C18H16N2O4S/c1-12-7-9-13(10-8-12)19(11-15(21)22)17-16(23)20(18(24)25-17)14-5-3-2-4-6-14/h2-10,17H,11H2,1H3,(H,21,22)/t17-/m1/s1. The number of carbonyl (C=O) groups excluding carboxylic acids is 2. The number of thioether (sulfide) groups is 1. The molecular weight excluding hydrogens is 340 g/mol. The number of carboxylic acids is 1. The second-order valence-electron chi connectivity index (χ2n) is 5.60. The predicted octanol–water partition coefficient (Wildman–Crippen LogP) is 3.11. The van der Waals surface area contributed by atoms with Crippen molar-refractivity contribution < 1.29 is 19.5 Å². The molecule has 0 saturated carbocycles. The maximum absolute atomic E-state index is 12.8. The predicted molar refractivity (Wildman–Crippen MR) is 96.9 cm³/mol. The number of aliphatic carboxylic acids is 1. The van der Waals surface area contributed by atoms with Gasteiger partial charge in [0.1, 0.15) is 6.54 Å². The Labute approximate surface area is 149 Å². The van der Waals surface area contributed by atoms with Crippen LogP contribution in [0.15, 0.2) is 54.6 Å². The first-order valence-corrected chi connectivity index (χ1v) is 8.50. The third-order valence-electron chi connectivity index (χ3n) is 3.80. The van der Waals surface area contributed by atoms with Crippen LogP contribution in [0.5, 0.6) is 0 Å². The molecule has 1 heterocycles. The van der Waals surface area contributed by atoms with Crippen molar-refractivity contribution in [1.29, 1.82) is 0 Å². The van der Waals surface area contributed by atoms with E-state index < -0.39 is 22.5 Å². The summed E-state index contributed by atoms with van der Waals surface area (Å²) in [5.41, 5.74) is 2.08. The van der Waals surface area contributed by atoms with Crippen LogP contribution in [0, 0.1) is 6.92 Å². The highest BCUT2D eigenvalue weighted by Crippen LogP contribution is 2.35. The van der Waals surface area contributed by atoms with Crippen LogP contribution >= 0.6 is 11.8 Å². The van der Waals surface area contributed by atoms with Crippen LogP contribution in [-0.4, -0.2) is 34.1 Å². The molecule has 1 fully saturated rings. The van der Waals surface area contributed by atoms with Crippen LogP contribution in [0.3, 0.4) is 0 Å². The van der Waals surface area contributed by atoms with Crippen molar-refractivity contribution in [2.75, 3.05) is 16.3 Å². The van der Waals surface area contributed by atoms with Crippen molar-refractivity contribution in [2.45, 2.75) is 12.3 Å². The van der Waals surface area contributed by atoms with Gasteiger partial charge in [-0.1, -0.05) is 35.9 Å². The first kappa shape index (κ1) is 17.0. The molecule has 6 nitrogen and oxygen atoms in total. The van der Waals surface area contributed by atoms with Crippen molar-refractivity contribution in [3.05, 3.63) is 60.2 Å².